The summed E-state index contributed by atoms with van der Waals surface area (Å²) in [5, 5.41) is 0. The molecule has 1 heterocycles. The summed E-state index contributed by atoms with van der Waals surface area (Å²) in [4.78, 5) is 16.7. The number of morpholine rings is 1. The molecule has 0 aromatic heterocycles. The molecule has 2 aliphatic rings. The fourth-order valence-corrected chi connectivity index (χ4v) is 4.16. The number of halogens is 3. The molecule has 2 fully saturated rings. The van der Waals surface area contributed by atoms with Crippen molar-refractivity contribution >= 4 is 11.6 Å². The van der Waals surface area contributed by atoms with Crippen LogP contribution >= 0.6 is 0 Å². The summed E-state index contributed by atoms with van der Waals surface area (Å²) >= 11 is 0. The maximum atomic E-state index is 13.3. The van der Waals surface area contributed by atoms with E-state index >= 15 is 0 Å². The maximum Gasteiger partial charge on any atom is 0.416 e. The van der Waals surface area contributed by atoms with Crippen LogP contribution in [0.2, 0.25) is 0 Å². The Hall–Kier alpha value is -2.54. The quantitative estimate of drug-likeness (QED) is 0.726. The van der Waals surface area contributed by atoms with Crippen molar-refractivity contribution in [2.24, 2.45) is 5.92 Å². The average Bonchev–Trinajstić information content (AvgIpc) is 3.54. The molecule has 4 rings (SSSR count). The molecule has 2 aromatic rings. The SMILES string of the molecule is CN(Cc1ccc(N2CCOCC2)cc1)C(=O)C1CC1c1ccccc1C(F)(F)F. The number of alkyl halides is 3. The summed E-state index contributed by atoms with van der Waals surface area (Å²) < 4.78 is 45.2. The lowest BCUT2D eigenvalue weighted by Gasteiger charge is -2.29. The third-order valence-corrected chi connectivity index (χ3v) is 5.88. The van der Waals surface area contributed by atoms with E-state index in [4.69, 9.17) is 4.74 Å². The molecule has 4 nitrogen and oxygen atoms in total. The van der Waals surface area contributed by atoms with Gasteiger partial charge in [-0.25, -0.2) is 0 Å². The van der Waals surface area contributed by atoms with Crippen molar-refractivity contribution in [2.75, 3.05) is 38.3 Å². The highest BCUT2D eigenvalue weighted by Gasteiger charge is 2.48. The van der Waals surface area contributed by atoms with Gasteiger partial charge in [-0.1, -0.05) is 30.3 Å². The maximum absolute atomic E-state index is 13.3. The van der Waals surface area contributed by atoms with Gasteiger partial charge in [0.15, 0.2) is 0 Å². The molecule has 1 saturated carbocycles. The molecular weight excluding hydrogens is 393 g/mol. The molecule has 1 aliphatic heterocycles. The van der Waals surface area contributed by atoms with Gasteiger partial charge >= 0.3 is 6.18 Å². The molecule has 1 amide bonds. The molecule has 0 spiro atoms. The van der Waals surface area contributed by atoms with Crippen LogP contribution in [0.1, 0.15) is 29.0 Å². The number of hydrogen-bond acceptors (Lipinski definition) is 3. The van der Waals surface area contributed by atoms with Gasteiger partial charge in [0.05, 0.1) is 18.8 Å². The average molecular weight is 418 g/mol. The molecule has 0 radical (unpaired) electrons. The number of ether oxygens (including phenoxy) is 1. The zero-order valence-corrected chi connectivity index (χ0v) is 16.9. The van der Waals surface area contributed by atoms with Crippen LogP contribution in [0.25, 0.3) is 0 Å². The van der Waals surface area contributed by atoms with E-state index in [0.29, 0.717) is 13.0 Å². The Labute approximate surface area is 174 Å². The van der Waals surface area contributed by atoms with E-state index in [0.717, 1.165) is 43.6 Å². The molecule has 30 heavy (non-hydrogen) atoms. The largest absolute Gasteiger partial charge is 0.416 e. The number of anilines is 1. The minimum Gasteiger partial charge on any atom is -0.378 e. The second-order valence-corrected chi connectivity index (χ2v) is 7.99. The van der Waals surface area contributed by atoms with E-state index in [1.54, 1.807) is 18.0 Å². The number of carbonyl (C=O) groups is 1. The third kappa shape index (κ3) is 4.46. The lowest BCUT2D eigenvalue weighted by molar-refractivity contribution is -0.138. The molecule has 7 heteroatoms. The van der Waals surface area contributed by atoms with E-state index in [2.05, 4.69) is 4.90 Å². The fraction of sp³-hybridized carbons (Fsp3) is 0.435. The van der Waals surface area contributed by atoms with Gasteiger partial charge in [-0.15, -0.1) is 0 Å². The van der Waals surface area contributed by atoms with Crippen LogP contribution in [-0.4, -0.2) is 44.2 Å². The van der Waals surface area contributed by atoms with Crippen LogP contribution < -0.4 is 4.90 Å². The number of benzene rings is 2. The van der Waals surface area contributed by atoms with E-state index < -0.39 is 11.7 Å². The van der Waals surface area contributed by atoms with Crippen LogP contribution in [0.3, 0.4) is 0 Å². The first-order valence-electron chi connectivity index (χ1n) is 10.2. The molecule has 160 valence electrons. The van der Waals surface area contributed by atoms with Crippen LogP contribution in [-0.2, 0) is 22.3 Å². The Bertz CT molecular complexity index is 892. The smallest absolute Gasteiger partial charge is 0.378 e. The molecule has 1 saturated heterocycles. The lowest BCUT2D eigenvalue weighted by atomic mass is 10.0. The summed E-state index contributed by atoms with van der Waals surface area (Å²) in [5.74, 6) is -0.846. The summed E-state index contributed by atoms with van der Waals surface area (Å²) in [5.41, 5.74) is 1.72. The van der Waals surface area contributed by atoms with Crippen molar-refractivity contribution in [1.29, 1.82) is 0 Å². The normalized spacial score (nSPS) is 21.4. The lowest BCUT2D eigenvalue weighted by Crippen LogP contribution is -2.36. The minimum atomic E-state index is -4.40. The van der Waals surface area contributed by atoms with Gasteiger partial charge in [0.25, 0.3) is 0 Å². The molecule has 2 aromatic carbocycles. The Balaban J connectivity index is 1.37. The van der Waals surface area contributed by atoms with Crippen LogP contribution in [0, 0.1) is 5.92 Å². The summed E-state index contributed by atoms with van der Waals surface area (Å²) in [7, 11) is 1.71. The molecule has 0 N–H and O–H groups in total. The van der Waals surface area contributed by atoms with Gasteiger partial charge < -0.3 is 14.5 Å². The highest BCUT2D eigenvalue weighted by atomic mass is 19.4. The van der Waals surface area contributed by atoms with Crippen LogP contribution in [0.4, 0.5) is 18.9 Å². The van der Waals surface area contributed by atoms with Gasteiger partial charge in [-0.05, 0) is 41.7 Å². The third-order valence-electron chi connectivity index (χ3n) is 5.88. The zero-order chi connectivity index (χ0) is 21.3. The number of hydrogen-bond donors (Lipinski definition) is 0. The van der Waals surface area contributed by atoms with E-state index in [1.807, 2.05) is 24.3 Å². The van der Waals surface area contributed by atoms with E-state index in [-0.39, 0.29) is 23.3 Å². The van der Waals surface area contributed by atoms with E-state index in [9.17, 15) is 18.0 Å². The van der Waals surface area contributed by atoms with Gasteiger partial charge in [0.2, 0.25) is 5.91 Å². The van der Waals surface area contributed by atoms with Gasteiger partial charge in [0.1, 0.15) is 0 Å². The number of nitrogens with zero attached hydrogens (tertiary/aromatic N) is 2. The first-order valence-corrected chi connectivity index (χ1v) is 10.2. The first-order chi connectivity index (χ1) is 14.3. The minimum absolute atomic E-state index is 0.103. The second-order valence-electron chi connectivity index (χ2n) is 7.99. The predicted octanol–water partition coefficient (Wildman–Crippen LogP) is 4.30. The number of amides is 1. The Kier molecular flexibility index (Phi) is 5.73. The highest BCUT2D eigenvalue weighted by molar-refractivity contribution is 5.83. The fourth-order valence-electron chi connectivity index (χ4n) is 4.16. The van der Waals surface area contributed by atoms with Crippen molar-refractivity contribution in [3.63, 3.8) is 0 Å². The Morgan fingerprint density at radius 1 is 1.10 bits per heavy atom. The van der Waals surface area contributed by atoms with Crippen molar-refractivity contribution in [3.05, 3.63) is 65.2 Å². The molecule has 2 unspecified atom stereocenters. The summed E-state index contributed by atoms with van der Waals surface area (Å²) in [6.45, 7) is 3.60. The number of carbonyl (C=O) groups excluding carboxylic acids is 1. The molecule has 1 aliphatic carbocycles. The molecule has 2 atom stereocenters. The number of rotatable bonds is 5. The molecule has 0 bridgehead atoms. The zero-order valence-electron chi connectivity index (χ0n) is 16.9. The van der Waals surface area contributed by atoms with Crippen molar-refractivity contribution in [3.8, 4) is 0 Å². The van der Waals surface area contributed by atoms with Crippen molar-refractivity contribution in [2.45, 2.75) is 25.1 Å². The Morgan fingerprint density at radius 3 is 2.43 bits per heavy atom. The van der Waals surface area contributed by atoms with Gasteiger partial charge in [-0.2, -0.15) is 13.2 Å². The summed E-state index contributed by atoms with van der Waals surface area (Å²) in [6, 6.07) is 13.6. The van der Waals surface area contributed by atoms with Gasteiger partial charge in [0, 0.05) is 38.3 Å². The van der Waals surface area contributed by atoms with Crippen LogP contribution in [0.5, 0.6) is 0 Å². The first kappa shape index (κ1) is 20.7. The highest BCUT2D eigenvalue weighted by Crippen LogP contribution is 2.51. The van der Waals surface area contributed by atoms with Gasteiger partial charge in [-0.3, -0.25) is 4.79 Å². The Morgan fingerprint density at radius 2 is 1.77 bits per heavy atom. The van der Waals surface area contributed by atoms with E-state index in [1.165, 1.54) is 12.1 Å². The second kappa shape index (κ2) is 8.30. The predicted molar refractivity (Wildman–Crippen MR) is 108 cm³/mol. The topological polar surface area (TPSA) is 32.8 Å². The summed E-state index contributed by atoms with van der Waals surface area (Å²) in [6.07, 6.45) is -3.94. The van der Waals surface area contributed by atoms with Crippen molar-refractivity contribution < 1.29 is 22.7 Å². The monoisotopic (exact) mass is 418 g/mol. The molecular formula is C23H25F3N2O2. The van der Waals surface area contributed by atoms with Crippen LogP contribution in [0.15, 0.2) is 48.5 Å². The van der Waals surface area contributed by atoms with Crippen molar-refractivity contribution in [1.82, 2.24) is 4.90 Å². The standard InChI is InChI=1S/C23H25F3N2O2/c1-27(15-16-6-8-17(9-7-16)28-10-12-30-13-11-28)22(29)20-14-19(20)18-4-2-3-5-21(18)23(24,25)26/h2-9,19-20H,10-15H2,1H3.